The van der Waals surface area contributed by atoms with Crippen LogP contribution in [0.25, 0.3) is 5.65 Å². The summed E-state index contributed by atoms with van der Waals surface area (Å²) in [5.74, 6) is 0.121. The van der Waals surface area contributed by atoms with Gasteiger partial charge in [-0.1, -0.05) is 0 Å². The van der Waals surface area contributed by atoms with Gasteiger partial charge >= 0.3 is 0 Å². The van der Waals surface area contributed by atoms with E-state index >= 15 is 0 Å². The van der Waals surface area contributed by atoms with Gasteiger partial charge in [-0.15, -0.1) is 0 Å². The van der Waals surface area contributed by atoms with E-state index in [4.69, 9.17) is 4.84 Å². The number of aromatic nitrogens is 4. The van der Waals surface area contributed by atoms with Crippen LogP contribution in [0.15, 0.2) is 30.7 Å². The third-order valence-corrected chi connectivity index (χ3v) is 6.44. The van der Waals surface area contributed by atoms with Gasteiger partial charge in [0.2, 0.25) is 0 Å². The molecule has 1 amide bonds. The molecule has 0 spiro atoms. The fourth-order valence-electron chi connectivity index (χ4n) is 4.88. The molecule has 0 saturated carbocycles. The van der Waals surface area contributed by atoms with Gasteiger partial charge in [0.05, 0.1) is 25.0 Å². The van der Waals surface area contributed by atoms with Crippen molar-refractivity contribution in [1.82, 2.24) is 30.2 Å². The predicted octanol–water partition coefficient (Wildman–Crippen LogP) is 1.41. The lowest BCUT2D eigenvalue weighted by Gasteiger charge is -2.33. The van der Waals surface area contributed by atoms with Crippen molar-refractivity contribution in [2.24, 2.45) is 5.92 Å². The maximum absolute atomic E-state index is 14.3. The van der Waals surface area contributed by atoms with Crippen LogP contribution in [0, 0.1) is 11.7 Å². The molecule has 0 aliphatic carbocycles. The normalized spacial score (nSPS) is 25.8. The molecule has 2 fully saturated rings. The van der Waals surface area contributed by atoms with E-state index in [1.54, 1.807) is 34.1 Å². The third kappa shape index (κ3) is 3.14. The first-order valence-electron chi connectivity index (χ1n) is 10.6. The van der Waals surface area contributed by atoms with Crippen LogP contribution in [0.2, 0.25) is 0 Å². The number of nitrogens with one attached hydrogen (secondary N) is 2. The van der Waals surface area contributed by atoms with Crippen molar-refractivity contribution in [3.8, 4) is 0 Å². The number of rotatable bonds is 0. The average Bonchev–Trinajstić information content (AvgIpc) is 3.42. The molecule has 3 aliphatic rings. The van der Waals surface area contributed by atoms with Gasteiger partial charge in [-0.25, -0.2) is 19.0 Å². The molecule has 2 bridgehead atoms. The Morgan fingerprint density at radius 2 is 2.19 bits per heavy atom. The SMILES string of the molecule is O=C1N[C@@H]2CCNC[C@@H]2Cc2ncc(F)cc2[C@H]2CCON2c2ccn3ncc1c3n2. The second-order valence-corrected chi connectivity index (χ2v) is 8.30. The Hall–Kier alpha value is -3.11. The van der Waals surface area contributed by atoms with Crippen LogP contribution < -0.4 is 15.7 Å². The fraction of sp³-hybridized carbons (Fsp3) is 0.429. The molecule has 0 unspecified atom stereocenters. The van der Waals surface area contributed by atoms with Gasteiger partial charge in [-0.2, -0.15) is 5.10 Å². The second-order valence-electron chi connectivity index (χ2n) is 8.30. The summed E-state index contributed by atoms with van der Waals surface area (Å²) in [7, 11) is 0. The Balaban J connectivity index is 1.54. The van der Waals surface area contributed by atoms with Crippen LogP contribution >= 0.6 is 0 Å². The lowest BCUT2D eigenvalue weighted by atomic mass is 9.86. The summed E-state index contributed by atoms with van der Waals surface area (Å²) in [6, 6.07) is 3.11. The highest BCUT2D eigenvalue weighted by atomic mass is 19.1. The van der Waals surface area contributed by atoms with E-state index in [1.165, 1.54) is 6.20 Å². The number of halogens is 1. The number of carbonyl (C=O) groups is 1. The average molecular weight is 423 g/mol. The van der Waals surface area contributed by atoms with Crippen molar-refractivity contribution in [3.63, 3.8) is 0 Å². The second kappa shape index (κ2) is 7.24. The maximum Gasteiger partial charge on any atom is 0.256 e. The molecule has 2 N–H and O–H groups in total. The minimum atomic E-state index is -0.372. The Morgan fingerprint density at radius 3 is 3.13 bits per heavy atom. The number of pyridine rings is 1. The summed E-state index contributed by atoms with van der Waals surface area (Å²) >= 11 is 0. The molecule has 2 saturated heterocycles. The largest absolute Gasteiger partial charge is 0.349 e. The van der Waals surface area contributed by atoms with E-state index in [-0.39, 0.29) is 29.7 Å². The van der Waals surface area contributed by atoms with Crippen LogP contribution in [-0.4, -0.2) is 51.2 Å². The predicted molar refractivity (Wildman–Crippen MR) is 109 cm³/mol. The summed E-state index contributed by atoms with van der Waals surface area (Å²) in [5.41, 5.74) is 2.53. The Bertz CT molecular complexity index is 1170. The van der Waals surface area contributed by atoms with E-state index in [2.05, 4.69) is 25.7 Å². The van der Waals surface area contributed by atoms with Gasteiger partial charge in [0, 0.05) is 42.5 Å². The Morgan fingerprint density at radius 1 is 1.26 bits per heavy atom. The number of hydrogen-bond donors (Lipinski definition) is 2. The molecule has 10 heteroatoms. The van der Waals surface area contributed by atoms with E-state index in [9.17, 15) is 9.18 Å². The molecule has 9 nitrogen and oxygen atoms in total. The van der Waals surface area contributed by atoms with Crippen molar-refractivity contribution in [2.45, 2.75) is 31.3 Å². The zero-order chi connectivity index (χ0) is 20.9. The molecule has 31 heavy (non-hydrogen) atoms. The summed E-state index contributed by atoms with van der Waals surface area (Å²) in [5, 5.41) is 12.6. The summed E-state index contributed by atoms with van der Waals surface area (Å²) in [4.78, 5) is 28.2. The molecular formula is C21H22FN7O2. The van der Waals surface area contributed by atoms with Gasteiger partial charge in [-0.05, 0) is 31.4 Å². The monoisotopic (exact) mass is 423 g/mol. The first-order chi connectivity index (χ1) is 15.2. The molecular weight excluding hydrogens is 401 g/mol. The van der Waals surface area contributed by atoms with E-state index in [0.717, 1.165) is 30.8 Å². The van der Waals surface area contributed by atoms with Gasteiger partial charge in [0.25, 0.3) is 5.91 Å². The minimum Gasteiger partial charge on any atom is -0.349 e. The van der Waals surface area contributed by atoms with Crippen LogP contribution in [0.5, 0.6) is 0 Å². The topological polar surface area (TPSA) is 96.7 Å². The quantitative estimate of drug-likeness (QED) is 0.564. The zero-order valence-electron chi connectivity index (χ0n) is 16.8. The first kappa shape index (κ1) is 18.6. The number of carbonyl (C=O) groups excluding carboxylic acids is 1. The highest BCUT2D eigenvalue weighted by molar-refractivity contribution is 6.00. The lowest BCUT2D eigenvalue weighted by Crippen LogP contribution is -2.50. The first-order valence-corrected chi connectivity index (χ1v) is 10.6. The Kier molecular flexibility index (Phi) is 4.35. The molecule has 6 heterocycles. The van der Waals surface area contributed by atoms with E-state index in [1.807, 2.05) is 0 Å². The highest BCUT2D eigenvalue weighted by Gasteiger charge is 2.35. The highest BCUT2D eigenvalue weighted by Crippen LogP contribution is 2.37. The van der Waals surface area contributed by atoms with Crippen LogP contribution in [0.4, 0.5) is 10.2 Å². The number of hydrogen-bond acceptors (Lipinski definition) is 7. The molecule has 3 aromatic heterocycles. The zero-order valence-corrected chi connectivity index (χ0v) is 16.8. The van der Waals surface area contributed by atoms with Crippen molar-refractivity contribution < 1.29 is 14.0 Å². The standard InChI is InChI=1S/C21H22FN7O2/c22-13-8-14-17(24-10-13)7-12-9-23-4-1-16(12)26-21(30)15-11-25-28-5-2-19(27-20(15)28)29-18(14)3-6-31-29/h2,5,8,10-12,16,18,23H,1,3-4,6-7,9H2,(H,26,30)/t12-,16+,18+/m0/s1. The molecule has 0 radical (unpaired) electrons. The summed E-state index contributed by atoms with van der Waals surface area (Å²) < 4.78 is 15.8. The smallest absolute Gasteiger partial charge is 0.256 e. The number of fused-ring (bicyclic) bond motifs is 6. The Labute approximate surface area is 177 Å². The van der Waals surface area contributed by atoms with Crippen molar-refractivity contribution >= 4 is 17.4 Å². The van der Waals surface area contributed by atoms with Gasteiger partial charge < -0.3 is 10.6 Å². The number of anilines is 1. The summed E-state index contributed by atoms with van der Waals surface area (Å²) in [6.45, 7) is 2.07. The number of amides is 1. The van der Waals surface area contributed by atoms with E-state index < -0.39 is 0 Å². The van der Waals surface area contributed by atoms with Crippen molar-refractivity contribution in [2.75, 3.05) is 24.8 Å². The number of piperidine rings is 1. The van der Waals surface area contributed by atoms with Gasteiger partial charge in [0.1, 0.15) is 11.4 Å². The van der Waals surface area contributed by atoms with E-state index in [0.29, 0.717) is 36.5 Å². The van der Waals surface area contributed by atoms with Crippen molar-refractivity contribution in [3.05, 3.63) is 53.4 Å². The molecule has 3 atom stereocenters. The molecule has 3 aliphatic heterocycles. The molecule has 3 aromatic rings. The minimum absolute atomic E-state index is 0.0248. The van der Waals surface area contributed by atoms with Crippen molar-refractivity contribution in [1.29, 1.82) is 0 Å². The van der Waals surface area contributed by atoms with Crippen LogP contribution in [-0.2, 0) is 11.3 Å². The van der Waals surface area contributed by atoms with Crippen LogP contribution in [0.3, 0.4) is 0 Å². The number of hydroxylamine groups is 1. The van der Waals surface area contributed by atoms with Crippen LogP contribution in [0.1, 0.15) is 40.5 Å². The molecule has 6 rings (SSSR count). The maximum atomic E-state index is 14.3. The summed E-state index contributed by atoms with van der Waals surface area (Å²) in [6.07, 6.45) is 6.70. The van der Waals surface area contributed by atoms with Gasteiger partial charge in [-0.3, -0.25) is 14.6 Å². The third-order valence-electron chi connectivity index (χ3n) is 6.44. The molecule has 0 aromatic carbocycles. The molecule has 160 valence electrons. The van der Waals surface area contributed by atoms with Gasteiger partial charge in [0.15, 0.2) is 11.5 Å². The number of nitrogens with zero attached hydrogens (tertiary/aromatic N) is 5. The lowest BCUT2D eigenvalue weighted by molar-refractivity contribution is 0.0911. The fourth-order valence-corrected chi connectivity index (χ4v) is 4.88.